The zero-order chi connectivity index (χ0) is 17.4. The van der Waals surface area contributed by atoms with Crippen molar-refractivity contribution in [3.05, 3.63) is 70.4 Å². The van der Waals surface area contributed by atoms with Crippen molar-refractivity contribution in [2.75, 3.05) is 18.0 Å². The number of fused-ring (bicyclic) bond motifs is 1. The first-order valence-corrected chi connectivity index (χ1v) is 8.20. The van der Waals surface area contributed by atoms with Gasteiger partial charge in [0.1, 0.15) is 6.10 Å². The Labute approximate surface area is 144 Å². The first-order valence-electron chi connectivity index (χ1n) is 8.20. The molecule has 1 saturated heterocycles. The maximum Gasteiger partial charge on any atom is 0.372 e. The second kappa shape index (κ2) is 6.18. The van der Waals surface area contributed by atoms with E-state index in [1.165, 1.54) is 4.40 Å². The van der Waals surface area contributed by atoms with Gasteiger partial charge in [-0.1, -0.05) is 36.4 Å². The first-order chi connectivity index (χ1) is 12.1. The van der Waals surface area contributed by atoms with Gasteiger partial charge in [0, 0.05) is 12.6 Å². The van der Waals surface area contributed by atoms with E-state index in [4.69, 9.17) is 4.74 Å². The highest BCUT2D eigenvalue weighted by atomic mass is 16.6. The van der Waals surface area contributed by atoms with Gasteiger partial charge in [0.05, 0.1) is 18.8 Å². The normalized spacial score (nSPS) is 20.8. The molecular formula is C18H18N4O3. The maximum atomic E-state index is 11.7. The number of imidazole rings is 1. The molecule has 0 N–H and O–H groups in total. The third-order valence-corrected chi connectivity index (χ3v) is 4.39. The highest BCUT2D eigenvalue weighted by Crippen LogP contribution is 2.34. The van der Waals surface area contributed by atoms with Crippen LogP contribution in [0.15, 0.2) is 54.7 Å². The molecule has 3 heterocycles. The average Bonchev–Trinajstić information content (AvgIpc) is 3.02. The molecule has 7 heteroatoms. The molecule has 3 aromatic rings. The lowest BCUT2D eigenvalue weighted by molar-refractivity contribution is -0.389. The highest BCUT2D eigenvalue weighted by molar-refractivity contribution is 5.64. The molecule has 4 rings (SSSR count). The van der Waals surface area contributed by atoms with Gasteiger partial charge in [0.2, 0.25) is 11.5 Å². The summed E-state index contributed by atoms with van der Waals surface area (Å²) in [5, 5.41) is 11.7. The second-order valence-electron chi connectivity index (χ2n) is 6.20. The number of pyridine rings is 1. The summed E-state index contributed by atoms with van der Waals surface area (Å²) >= 11 is 0. The molecule has 0 spiro atoms. The van der Waals surface area contributed by atoms with Crippen LogP contribution in [0, 0.1) is 10.1 Å². The van der Waals surface area contributed by atoms with E-state index >= 15 is 0 Å². The smallest absolute Gasteiger partial charge is 0.367 e. The van der Waals surface area contributed by atoms with Gasteiger partial charge < -0.3 is 19.8 Å². The van der Waals surface area contributed by atoms with Crippen molar-refractivity contribution < 1.29 is 9.66 Å². The summed E-state index contributed by atoms with van der Waals surface area (Å²) in [5.41, 5.74) is 1.63. The van der Waals surface area contributed by atoms with Crippen LogP contribution in [-0.4, -0.2) is 33.5 Å². The molecule has 0 bridgehead atoms. The van der Waals surface area contributed by atoms with E-state index < -0.39 is 0 Å². The van der Waals surface area contributed by atoms with Crippen molar-refractivity contribution >= 4 is 17.3 Å². The number of morpholine rings is 1. The molecule has 0 radical (unpaired) electrons. The predicted molar refractivity (Wildman–Crippen MR) is 93.8 cm³/mol. The summed E-state index contributed by atoms with van der Waals surface area (Å²) in [6.07, 6.45) is 1.47. The molecule has 0 unspecified atom stereocenters. The van der Waals surface area contributed by atoms with Gasteiger partial charge in [-0.3, -0.25) is 0 Å². The van der Waals surface area contributed by atoms with Gasteiger partial charge in [-0.05, 0) is 23.5 Å². The topological polar surface area (TPSA) is 72.9 Å². The minimum atomic E-state index is -0.368. The standard InChI is InChI=1S/C18H18N4O3/c1-13-11-20(12-15(25-13)14-7-3-2-4-8-14)17-18(22(23)24)21-10-6-5-9-16(21)19-17/h2-10,13,15H,11-12H2,1H3/t13-,15-/m0/s1. The number of aromatic nitrogens is 2. The SMILES string of the molecule is C[C@H]1CN(c2nc3ccccn3c2[N+](=O)[O-])C[C@@H](c2ccccc2)O1. The molecule has 1 aliphatic rings. The molecule has 0 amide bonds. The van der Waals surface area contributed by atoms with E-state index in [1.54, 1.807) is 18.3 Å². The largest absolute Gasteiger partial charge is 0.372 e. The van der Waals surface area contributed by atoms with E-state index in [0.29, 0.717) is 24.6 Å². The Kier molecular flexibility index (Phi) is 3.85. The fourth-order valence-corrected chi connectivity index (χ4v) is 3.33. The van der Waals surface area contributed by atoms with Gasteiger partial charge in [-0.15, -0.1) is 0 Å². The van der Waals surface area contributed by atoms with Crippen molar-refractivity contribution in [2.24, 2.45) is 0 Å². The van der Waals surface area contributed by atoms with Gasteiger partial charge in [0.15, 0.2) is 0 Å². The van der Waals surface area contributed by atoms with Crippen LogP contribution in [0.5, 0.6) is 0 Å². The molecule has 0 saturated carbocycles. The lowest BCUT2D eigenvalue weighted by Gasteiger charge is -2.36. The Hall–Kier alpha value is -2.93. The van der Waals surface area contributed by atoms with Crippen LogP contribution in [0.1, 0.15) is 18.6 Å². The zero-order valence-corrected chi connectivity index (χ0v) is 13.8. The van der Waals surface area contributed by atoms with Gasteiger partial charge in [-0.25, -0.2) is 0 Å². The van der Waals surface area contributed by atoms with E-state index in [9.17, 15) is 10.1 Å². The van der Waals surface area contributed by atoms with Gasteiger partial charge >= 0.3 is 5.82 Å². The third kappa shape index (κ3) is 2.83. The molecule has 1 fully saturated rings. The molecule has 1 aromatic carbocycles. The lowest BCUT2D eigenvalue weighted by atomic mass is 10.1. The fraction of sp³-hybridized carbons (Fsp3) is 0.278. The summed E-state index contributed by atoms with van der Waals surface area (Å²) in [6.45, 7) is 3.07. The van der Waals surface area contributed by atoms with Gasteiger partial charge in [0.25, 0.3) is 0 Å². The zero-order valence-electron chi connectivity index (χ0n) is 13.8. The second-order valence-corrected chi connectivity index (χ2v) is 6.20. The van der Waals surface area contributed by atoms with Crippen LogP contribution >= 0.6 is 0 Å². The van der Waals surface area contributed by atoms with Crippen LogP contribution in [0.2, 0.25) is 0 Å². The molecule has 1 aliphatic heterocycles. The number of ether oxygens (including phenoxy) is 1. The van der Waals surface area contributed by atoms with E-state index in [1.807, 2.05) is 48.2 Å². The first kappa shape index (κ1) is 15.6. The van der Waals surface area contributed by atoms with Gasteiger partial charge in [-0.2, -0.15) is 9.38 Å². The van der Waals surface area contributed by atoms with Crippen molar-refractivity contribution in [3.8, 4) is 0 Å². The number of anilines is 1. The van der Waals surface area contributed by atoms with Crippen molar-refractivity contribution in [2.45, 2.75) is 19.1 Å². The lowest BCUT2D eigenvalue weighted by Crippen LogP contribution is -2.43. The summed E-state index contributed by atoms with van der Waals surface area (Å²) in [6, 6.07) is 15.3. The maximum absolute atomic E-state index is 11.7. The minimum Gasteiger partial charge on any atom is -0.367 e. The predicted octanol–water partition coefficient (Wildman–Crippen LogP) is 3.21. The number of nitrogens with zero attached hydrogens (tertiary/aromatic N) is 4. The molecule has 0 aliphatic carbocycles. The van der Waals surface area contributed by atoms with E-state index in [2.05, 4.69) is 4.98 Å². The number of benzene rings is 1. The molecule has 7 nitrogen and oxygen atoms in total. The summed E-state index contributed by atoms with van der Waals surface area (Å²) in [7, 11) is 0. The number of nitro groups is 1. The molecule has 2 aromatic heterocycles. The summed E-state index contributed by atoms with van der Waals surface area (Å²) < 4.78 is 7.57. The quantitative estimate of drug-likeness (QED) is 0.541. The van der Waals surface area contributed by atoms with Crippen molar-refractivity contribution in [3.63, 3.8) is 0 Å². The average molecular weight is 338 g/mol. The van der Waals surface area contributed by atoms with Crippen LogP contribution < -0.4 is 4.90 Å². The van der Waals surface area contributed by atoms with Crippen LogP contribution in [0.25, 0.3) is 5.65 Å². The minimum absolute atomic E-state index is 0.00323. The number of hydrogen-bond acceptors (Lipinski definition) is 5. The Bertz CT molecular complexity index is 909. The Balaban J connectivity index is 1.75. The van der Waals surface area contributed by atoms with E-state index in [0.717, 1.165) is 5.56 Å². The Morgan fingerprint density at radius 3 is 2.68 bits per heavy atom. The Morgan fingerprint density at radius 1 is 1.16 bits per heavy atom. The fourth-order valence-electron chi connectivity index (χ4n) is 3.33. The van der Waals surface area contributed by atoms with Crippen LogP contribution in [0.3, 0.4) is 0 Å². The van der Waals surface area contributed by atoms with Crippen LogP contribution in [-0.2, 0) is 4.74 Å². The van der Waals surface area contributed by atoms with E-state index in [-0.39, 0.29) is 22.9 Å². The summed E-state index contributed by atoms with van der Waals surface area (Å²) in [5.74, 6) is 0.392. The Morgan fingerprint density at radius 2 is 1.92 bits per heavy atom. The molecule has 2 atom stereocenters. The highest BCUT2D eigenvalue weighted by Gasteiger charge is 2.33. The monoisotopic (exact) mass is 338 g/mol. The van der Waals surface area contributed by atoms with Crippen LogP contribution in [0.4, 0.5) is 11.6 Å². The molecular weight excluding hydrogens is 320 g/mol. The third-order valence-electron chi connectivity index (χ3n) is 4.39. The molecule has 128 valence electrons. The number of hydrogen-bond donors (Lipinski definition) is 0. The number of rotatable bonds is 3. The van der Waals surface area contributed by atoms with Crippen molar-refractivity contribution in [1.82, 2.24) is 9.38 Å². The molecule has 25 heavy (non-hydrogen) atoms. The van der Waals surface area contributed by atoms with Crippen molar-refractivity contribution in [1.29, 1.82) is 0 Å². The summed E-state index contributed by atoms with van der Waals surface area (Å²) in [4.78, 5) is 17.8.